The van der Waals surface area contributed by atoms with Crippen molar-refractivity contribution < 1.29 is 0 Å². The second-order valence-corrected chi connectivity index (χ2v) is 6.07. The summed E-state index contributed by atoms with van der Waals surface area (Å²) in [6, 6.07) is 0.129. The molecule has 0 aromatic heterocycles. The standard InChI is InChI=1S/C19H27N5/c1-6-8-9-10-16(3)18-15-20-19(24(17(18)4)21-7-2)23-13-11-22(5)12-14-23/h1,7-10,15,17H,11-14H2,2-5H3/b9-8-,16-10+,21-7-. The highest BCUT2D eigenvalue weighted by molar-refractivity contribution is 5.83. The van der Waals surface area contributed by atoms with Gasteiger partial charge in [-0.15, -0.1) is 6.42 Å². The quantitative estimate of drug-likeness (QED) is 0.454. The summed E-state index contributed by atoms with van der Waals surface area (Å²) in [5.41, 5.74) is 2.30. The Morgan fingerprint density at radius 1 is 1.38 bits per heavy atom. The van der Waals surface area contributed by atoms with Crippen LogP contribution in [0.3, 0.4) is 0 Å². The molecule has 5 heteroatoms. The minimum atomic E-state index is 0.129. The highest BCUT2D eigenvalue weighted by Crippen LogP contribution is 2.25. The van der Waals surface area contributed by atoms with Gasteiger partial charge in [0, 0.05) is 38.6 Å². The number of hydrazone groups is 1. The topological polar surface area (TPSA) is 34.4 Å². The van der Waals surface area contributed by atoms with Crippen LogP contribution in [0.4, 0.5) is 0 Å². The predicted octanol–water partition coefficient (Wildman–Crippen LogP) is 2.32. The molecule has 2 rings (SSSR count). The third-order valence-electron chi connectivity index (χ3n) is 4.36. The molecule has 2 heterocycles. The summed E-state index contributed by atoms with van der Waals surface area (Å²) in [6.45, 7) is 10.2. The number of guanidine groups is 1. The van der Waals surface area contributed by atoms with Gasteiger partial charge in [0.15, 0.2) is 0 Å². The Labute approximate surface area is 145 Å². The van der Waals surface area contributed by atoms with E-state index in [9.17, 15) is 0 Å². The lowest BCUT2D eigenvalue weighted by Gasteiger charge is -2.40. The lowest BCUT2D eigenvalue weighted by atomic mass is 10.00. The Kier molecular flexibility index (Phi) is 6.39. The first kappa shape index (κ1) is 18.0. The van der Waals surface area contributed by atoms with Gasteiger partial charge in [0.25, 0.3) is 0 Å². The third kappa shape index (κ3) is 4.15. The molecule has 24 heavy (non-hydrogen) atoms. The van der Waals surface area contributed by atoms with Crippen LogP contribution in [0.25, 0.3) is 0 Å². The minimum Gasteiger partial charge on any atom is -0.338 e. The highest BCUT2D eigenvalue weighted by atomic mass is 15.6. The molecule has 1 saturated heterocycles. The van der Waals surface area contributed by atoms with Crippen LogP contribution in [0.15, 0.2) is 45.7 Å². The van der Waals surface area contributed by atoms with Crippen LogP contribution in [-0.4, -0.2) is 66.3 Å². The van der Waals surface area contributed by atoms with Gasteiger partial charge in [0.2, 0.25) is 5.96 Å². The van der Waals surface area contributed by atoms with E-state index in [1.165, 1.54) is 0 Å². The first-order valence-corrected chi connectivity index (χ1v) is 8.37. The highest BCUT2D eigenvalue weighted by Gasteiger charge is 2.30. The summed E-state index contributed by atoms with van der Waals surface area (Å²) in [6.07, 6.45) is 14.6. The number of piperazine rings is 1. The van der Waals surface area contributed by atoms with Crippen molar-refractivity contribution in [1.82, 2.24) is 14.8 Å². The number of allylic oxidation sites excluding steroid dienone is 3. The molecule has 0 aromatic rings. The van der Waals surface area contributed by atoms with Gasteiger partial charge in [-0.25, -0.2) is 10.0 Å². The fourth-order valence-corrected chi connectivity index (χ4v) is 2.88. The van der Waals surface area contributed by atoms with Crippen LogP contribution >= 0.6 is 0 Å². The van der Waals surface area contributed by atoms with E-state index in [1.807, 2.05) is 36.5 Å². The Morgan fingerprint density at radius 3 is 2.71 bits per heavy atom. The maximum atomic E-state index is 5.25. The maximum absolute atomic E-state index is 5.25. The third-order valence-corrected chi connectivity index (χ3v) is 4.36. The molecule has 0 amide bonds. The Bertz CT molecular complexity index is 625. The Morgan fingerprint density at radius 2 is 2.08 bits per heavy atom. The van der Waals surface area contributed by atoms with Crippen molar-refractivity contribution in [2.24, 2.45) is 10.1 Å². The van der Waals surface area contributed by atoms with Crippen LogP contribution in [0.2, 0.25) is 0 Å². The van der Waals surface area contributed by atoms with Crippen molar-refractivity contribution in [3.63, 3.8) is 0 Å². The molecule has 0 aliphatic carbocycles. The average molecular weight is 325 g/mol. The number of nitrogens with zero attached hydrogens (tertiary/aromatic N) is 5. The van der Waals surface area contributed by atoms with Gasteiger partial charge < -0.3 is 9.80 Å². The molecule has 1 atom stereocenters. The van der Waals surface area contributed by atoms with E-state index in [-0.39, 0.29) is 6.04 Å². The van der Waals surface area contributed by atoms with E-state index in [2.05, 4.69) is 41.7 Å². The van der Waals surface area contributed by atoms with Crippen LogP contribution in [0.5, 0.6) is 0 Å². The summed E-state index contributed by atoms with van der Waals surface area (Å²) in [5.74, 6) is 3.44. The maximum Gasteiger partial charge on any atom is 0.222 e. The molecule has 0 bridgehead atoms. The van der Waals surface area contributed by atoms with Gasteiger partial charge in [-0.2, -0.15) is 5.10 Å². The van der Waals surface area contributed by atoms with Crippen LogP contribution in [0.1, 0.15) is 20.8 Å². The Balaban J connectivity index is 2.28. The van der Waals surface area contributed by atoms with Crippen molar-refractivity contribution >= 4 is 12.2 Å². The number of likely N-dealkylation sites (N-methyl/N-ethyl adjacent to an activating group) is 1. The first-order valence-electron chi connectivity index (χ1n) is 8.37. The molecule has 0 N–H and O–H groups in total. The summed E-state index contributed by atoms with van der Waals surface area (Å²) in [4.78, 5) is 9.38. The number of hydrogen-bond donors (Lipinski definition) is 0. The van der Waals surface area contributed by atoms with E-state index in [1.54, 1.807) is 6.08 Å². The molecule has 128 valence electrons. The number of hydrogen-bond acceptors (Lipinski definition) is 5. The van der Waals surface area contributed by atoms with E-state index in [0.717, 1.165) is 43.3 Å². The zero-order valence-corrected chi connectivity index (χ0v) is 15.1. The lowest BCUT2D eigenvalue weighted by Crippen LogP contribution is -2.54. The molecule has 1 unspecified atom stereocenters. The van der Waals surface area contributed by atoms with Crippen LogP contribution < -0.4 is 0 Å². The summed E-state index contributed by atoms with van der Waals surface area (Å²) >= 11 is 0. The molecule has 1 fully saturated rings. The van der Waals surface area contributed by atoms with E-state index < -0.39 is 0 Å². The van der Waals surface area contributed by atoms with Gasteiger partial charge in [-0.05, 0) is 45.0 Å². The predicted molar refractivity (Wildman–Crippen MR) is 102 cm³/mol. The van der Waals surface area contributed by atoms with Crippen LogP contribution in [0, 0.1) is 12.3 Å². The molecule has 0 saturated carbocycles. The lowest BCUT2D eigenvalue weighted by molar-refractivity contribution is 0.191. The normalized spacial score (nSPS) is 23.6. The molecule has 2 aliphatic rings. The summed E-state index contributed by atoms with van der Waals surface area (Å²) in [7, 11) is 2.15. The minimum absolute atomic E-state index is 0.129. The number of rotatable bonds is 3. The monoisotopic (exact) mass is 325 g/mol. The van der Waals surface area contributed by atoms with E-state index in [4.69, 9.17) is 11.4 Å². The molecule has 2 aliphatic heterocycles. The van der Waals surface area contributed by atoms with Crippen molar-refractivity contribution in [2.75, 3.05) is 33.2 Å². The van der Waals surface area contributed by atoms with Crippen molar-refractivity contribution in [3.8, 4) is 12.3 Å². The van der Waals surface area contributed by atoms with E-state index >= 15 is 0 Å². The van der Waals surface area contributed by atoms with Gasteiger partial charge in [0.1, 0.15) is 0 Å². The molecule has 0 radical (unpaired) electrons. The largest absolute Gasteiger partial charge is 0.338 e. The fraction of sp³-hybridized carbons (Fsp3) is 0.474. The SMILES string of the molecule is C#C/C=C\C=C(/C)C1=CN=C(N2CCN(C)CC2)N(/N=C\C)C1C. The average Bonchev–Trinajstić information content (AvgIpc) is 2.58. The van der Waals surface area contributed by atoms with Crippen molar-refractivity contribution in [1.29, 1.82) is 0 Å². The fourth-order valence-electron chi connectivity index (χ4n) is 2.88. The Hall–Kier alpha value is -2.32. The van der Waals surface area contributed by atoms with Crippen molar-refractivity contribution in [2.45, 2.75) is 26.8 Å². The molecular formula is C19H27N5. The molecule has 0 aromatic carbocycles. The molecule has 0 spiro atoms. The zero-order valence-electron chi connectivity index (χ0n) is 15.1. The second-order valence-electron chi connectivity index (χ2n) is 6.07. The van der Waals surface area contributed by atoms with Gasteiger partial charge >= 0.3 is 0 Å². The number of terminal acetylenes is 1. The number of aliphatic imine (C=N–C) groups is 1. The summed E-state index contributed by atoms with van der Waals surface area (Å²) in [5, 5.41) is 6.59. The molecule has 5 nitrogen and oxygen atoms in total. The van der Waals surface area contributed by atoms with Crippen LogP contribution in [-0.2, 0) is 0 Å². The first-order chi connectivity index (χ1) is 11.6. The zero-order chi connectivity index (χ0) is 17.5. The summed E-state index contributed by atoms with van der Waals surface area (Å²) < 4.78 is 0. The van der Waals surface area contributed by atoms with Gasteiger partial charge in [0.05, 0.1) is 6.04 Å². The van der Waals surface area contributed by atoms with Crippen molar-refractivity contribution in [3.05, 3.63) is 35.6 Å². The van der Waals surface area contributed by atoms with Gasteiger partial charge in [-0.3, -0.25) is 0 Å². The smallest absolute Gasteiger partial charge is 0.222 e. The van der Waals surface area contributed by atoms with E-state index in [0.29, 0.717) is 0 Å². The second kappa shape index (κ2) is 8.51. The van der Waals surface area contributed by atoms with Gasteiger partial charge in [-0.1, -0.05) is 18.1 Å². The molecular weight excluding hydrogens is 298 g/mol.